The Kier molecular flexibility index (Phi) is 15.7. The topological polar surface area (TPSA) is 188 Å². The van der Waals surface area contributed by atoms with Gasteiger partial charge in [-0.3, -0.25) is 14.4 Å². The molecule has 14 heteroatoms. The second kappa shape index (κ2) is 18.9. The summed E-state index contributed by atoms with van der Waals surface area (Å²) in [5, 5.41) is 8.19. The first-order valence-electron chi connectivity index (χ1n) is 15.8. The predicted octanol–water partition coefficient (Wildman–Crippen LogP) is 2.28. The van der Waals surface area contributed by atoms with Crippen LogP contribution in [-0.2, 0) is 33.3 Å². The number of rotatable bonds is 8. The average Bonchev–Trinajstić information content (AvgIpc) is 3.02. The zero-order valence-corrected chi connectivity index (χ0v) is 29.4. The van der Waals surface area contributed by atoms with E-state index < -0.39 is 60.0 Å². The van der Waals surface area contributed by atoms with E-state index in [1.807, 2.05) is 32.8 Å². The number of hydrogen-bond acceptors (Lipinski definition) is 11. The molecule has 0 aromatic carbocycles. The standard InChI is InChI=1S/C34H51N5O9/c1-19-15-23-28(37-13-14-39(6)7)25(40)18-24(29(23)41)38-32(42)20(2)11-10-12-26(45-8)30(47-33(35)43)21(3)17-22(4)31(27(16-19)46-9)48-34(44)36-5/h10-12,17-19,22,26-27,30-31,37H,13-16H2,1-9H3,(H2,35,43)(H,36,44)(H,38,42)/b12-10-,20-11+,21-17+/t19-,22+,26+,27+,30+,31-/m0/s1. The van der Waals surface area contributed by atoms with Crippen molar-refractivity contribution in [3.05, 3.63) is 58.5 Å². The van der Waals surface area contributed by atoms with Crippen LogP contribution in [0.3, 0.4) is 0 Å². The highest BCUT2D eigenvalue weighted by Gasteiger charge is 2.35. The van der Waals surface area contributed by atoms with Gasteiger partial charge in [0.15, 0.2) is 6.10 Å². The van der Waals surface area contributed by atoms with Gasteiger partial charge in [-0.2, -0.15) is 0 Å². The molecule has 3 amide bonds. The molecular formula is C34H51N5O9. The van der Waals surface area contributed by atoms with Crippen LogP contribution in [0.1, 0.15) is 40.5 Å². The number of carbonyl (C=O) groups is 5. The number of methoxy groups -OCH3 is 2. The maximum absolute atomic E-state index is 13.8. The van der Waals surface area contributed by atoms with Crippen LogP contribution in [-0.4, -0.2) is 107 Å². The van der Waals surface area contributed by atoms with Crippen LogP contribution in [0, 0.1) is 11.8 Å². The summed E-state index contributed by atoms with van der Waals surface area (Å²) >= 11 is 0. The molecule has 2 rings (SSSR count). The van der Waals surface area contributed by atoms with Gasteiger partial charge >= 0.3 is 12.2 Å². The van der Waals surface area contributed by atoms with Gasteiger partial charge < -0.3 is 45.5 Å². The highest BCUT2D eigenvalue weighted by Crippen LogP contribution is 2.30. The molecule has 2 bridgehead atoms. The molecule has 1 aliphatic carbocycles. The van der Waals surface area contributed by atoms with E-state index in [1.165, 1.54) is 27.3 Å². The summed E-state index contributed by atoms with van der Waals surface area (Å²) in [5.74, 6) is -2.22. The molecule has 0 spiro atoms. The van der Waals surface area contributed by atoms with Gasteiger partial charge in [0.1, 0.15) is 12.2 Å². The molecule has 0 saturated carbocycles. The van der Waals surface area contributed by atoms with Gasteiger partial charge in [-0.1, -0.05) is 38.2 Å². The van der Waals surface area contributed by atoms with E-state index in [1.54, 1.807) is 32.1 Å². The number of nitrogens with two attached hydrogens (primary N) is 1. The Bertz CT molecular complexity index is 1360. The Hall–Kier alpha value is -4.27. The lowest BCUT2D eigenvalue weighted by molar-refractivity contribution is -0.120. The van der Waals surface area contributed by atoms with Crippen LogP contribution in [0.25, 0.3) is 0 Å². The van der Waals surface area contributed by atoms with Crippen molar-refractivity contribution < 1.29 is 42.9 Å². The van der Waals surface area contributed by atoms with Gasteiger partial charge in [0.2, 0.25) is 11.6 Å². The minimum atomic E-state index is -1.02. The zero-order chi connectivity index (χ0) is 36.1. The van der Waals surface area contributed by atoms with E-state index in [0.29, 0.717) is 25.1 Å². The fourth-order valence-corrected chi connectivity index (χ4v) is 5.53. The van der Waals surface area contributed by atoms with Gasteiger partial charge in [-0.25, -0.2) is 9.59 Å². The lowest BCUT2D eigenvalue weighted by atomic mass is 9.85. The molecule has 1 heterocycles. The third kappa shape index (κ3) is 11.5. The van der Waals surface area contributed by atoms with Crippen LogP contribution in [0.4, 0.5) is 9.59 Å². The largest absolute Gasteiger partial charge is 0.443 e. The lowest BCUT2D eigenvalue weighted by Gasteiger charge is -2.32. The van der Waals surface area contributed by atoms with Crippen molar-refractivity contribution in [2.75, 3.05) is 48.5 Å². The molecule has 0 radical (unpaired) electrons. The summed E-state index contributed by atoms with van der Waals surface area (Å²) in [6, 6.07) is 0. The van der Waals surface area contributed by atoms with Crippen molar-refractivity contribution >= 4 is 29.7 Å². The molecule has 0 aromatic rings. The number of Topliss-reactive ketones (excluding diaryl/α,β-unsaturated/α-hetero) is 1. The molecule has 0 fully saturated rings. The molecule has 48 heavy (non-hydrogen) atoms. The Balaban J connectivity index is 2.72. The van der Waals surface area contributed by atoms with Gasteiger partial charge in [0.25, 0.3) is 5.91 Å². The molecule has 1 aliphatic heterocycles. The van der Waals surface area contributed by atoms with Crippen LogP contribution in [0.15, 0.2) is 58.5 Å². The summed E-state index contributed by atoms with van der Waals surface area (Å²) in [4.78, 5) is 66.7. The average molecular weight is 674 g/mol. The third-order valence-corrected chi connectivity index (χ3v) is 8.07. The number of alkyl carbamates (subject to hydrolysis) is 1. The van der Waals surface area contributed by atoms with Gasteiger partial charge in [-0.15, -0.1) is 0 Å². The maximum atomic E-state index is 13.8. The van der Waals surface area contributed by atoms with E-state index in [2.05, 4.69) is 16.0 Å². The maximum Gasteiger partial charge on any atom is 0.407 e. The molecule has 0 aromatic heterocycles. The van der Waals surface area contributed by atoms with Crippen molar-refractivity contribution in [2.45, 2.75) is 65.0 Å². The van der Waals surface area contributed by atoms with Crippen molar-refractivity contribution in [2.24, 2.45) is 17.6 Å². The zero-order valence-electron chi connectivity index (χ0n) is 29.4. The second-order valence-electron chi connectivity index (χ2n) is 12.3. The molecule has 6 atom stereocenters. The van der Waals surface area contributed by atoms with Crippen LogP contribution in [0.2, 0.25) is 0 Å². The van der Waals surface area contributed by atoms with Crippen molar-refractivity contribution in [3.8, 4) is 0 Å². The minimum absolute atomic E-state index is 0.137. The van der Waals surface area contributed by atoms with Crippen LogP contribution in [0.5, 0.6) is 0 Å². The van der Waals surface area contributed by atoms with Gasteiger partial charge in [0, 0.05) is 57.5 Å². The number of likely N-dealkylation sites (N-methyl/N-ethyl adjacent to an activating group) is 1. The first kappa shape index (κ1) is 39.9. The number of primary amides is 1. The fourth-order valence-electron chi connectivity index (χ4n) is 5.53. The smallest absolute Gasteiger partial charge is 0.407 e. The van der Waals surface area contributed by atoms with E-state index in [9.17, 15) is 24.0 Å². The normalized spacial score (nSPS) is 29.1. The van der Waals surface area contributed by atoms with E-state index in [0.717, 1.165) is 6.08 Å². The number of amides is 3. The van der Waals surface area contributed by atoms with Crippen molar-refractivity contribution in [1.82, 2.24) is 20.9 Å². The number of ketones is 2. The van der Waals surface area contributed by atoms with Gasteiger partial charge in [0.05, 0.1) is 17.5 Å². The van der Waals surface area contributed by atoms with Crippen molar-refractivity contribution in [1.29, 1.82) is 0 Å². The molecular weight excluding hydrogens is 622 g/mol. The predicted molar refractivity (Wildman–Crippen MR) is 179 cm³/mol. The first-order chi connectivity index (χ1) is 22.6. The van der Waals surface area contributed by atoms with E-state index in [-0.39, 0.29) is 34.9 Å². The van der Waals surface area contributed by atoms with Crippen LogP contribution >= 0.6 is 0 Å². The highest BCUT2D eigenvalue weighted by molar-refractivity contribution is 6.23. The monoisotopic (exact) mass is 673 g/mol. The lowest BCUT2D eigenvalue weighted by Crippen LogP contribution is -2.41. The SMILES string of the molecule is CNC(=O)O[C@H]1[C@H](C)/C=C(\C)[C@@H](OC(N)=O)[C@H](OC)/C=C\C=C(/C)C(=O)NC2=CC(=O)C(NCCN(C)C)=C(C[C@H](C)C[C@H]1OC)C2=O. The van der Waals surface area contributed by atoms with Crippen LogP contribution < -0.4 is 21.7 Å². The van der Waals surface area contributed by atoms with E-state index >= 15 is 0 Å². The Morgan fingerprint density at radius 2 is 1.77 bits per heavy atom. The summed E-state index contributed by atoms with van der Waals surface area (Å²) in [7, 11) is 8.15. The molecule has 266 valence electrons. The Morgan fingerprint density at radius 1 is 1.08 bits per heavy atom. The molecule has 14 nitrogen and oxygen atoms in total. The fraction of sp³-hybridized carbons (Fsp3) is 0.559. The summed E-state index contributed by atoms with van der Waals surface area (Å²) < 4.78 is 22.7. The molecule has 0 unspecified atom stereocenters. The van der Waals surface area contributed by atoms with Crippen molar-refractivity contribution in [3.63, 3.8) is 0 Å². The summed E-state index contributed by atoms with van der Waals surface area (Å²) in [6.45, 7) is 8.04. The summed E-state index contributed by atoms with van der Waals surface area (Å²) in [5.41, 5.74) is 6.48. The minimum Gasteiger partial charge on any atom is -0.443 e. The third-order valence-electron chi connectivity index (χ3n) is 8.07. The molecule has 5 N–H and O–H groups in total. The molecule has 0 saturated heterocycles. The number of nitrogens with zero attached hydrogens (tertiary/aromatic N) is 1. The quantitative estimate of drug-likeness (QED) is 0.219. The number of allylic oxidation sites excluding steroid dienone is 4. The highest BCUT2D eigenvalue weighted by atomic mass is 16.6. The summed E-state index contributed by atoms with van der Waals surface area (Å²) in [6.07, 6.45) is 3.07. The number of nitrogens with one attached hydrogen (secondary N) is 3. The number of ether oxygens (including phenoxy) is 4. The number of fused-ring (bicyclic) bond motifs is 2. The first-order valence-corrected chi connectivity index (χ1v) is 15.8. The van der Waals surface area contributed by atoms with Gasteiger partial charge in [-0.05, 0) is 52.3 Å². The Morgan fingerprint density at radius 3 is 2.35 bits per heavy atom. The number of hydrogen-bond donors (Lipinski definition) is 4. The van der Waals surface area contributed by atoms with E-state index in [4.69, 9.17) is 24.7 Å². The number of carbonyl (C=O) groups excluding carboxylic acids is 5. The Labute approximate surface area is 282 Å². The second-order valence-corrected chi connectivity index (χ2v) is 12.3. The molecule has 2 aliphatic rings.